The van der Waals surface area contributed by atoms with E-state index in [1.807, 2.05) is 0 Å². The molecule has 2 N–H and O–H groups in total. The number of aliphatic imine (C=N–C) groups is 1. The third kappa shape index (κ3) is 4.21. The van der Waals surface area contributed by atoms with Gasteiger partial charge < -0.3 is 5.73 Å². The van der Waals surface area contributed by atoms with Crippen molar-refractivity contribution in [2.45, 2.75) is 40.9 Å². The third-order valence-corrected chi connectivity index (χ3v) is 11.2. The summed E-state index contributed by atoms with van der Waals surface area (Å²) < 4.78 is 0.233. The Bertz CT molecular complexity index is 928. The molecule has 0 unspecified atom stereocenters. The number of benzene rings is 2. The van der Waals surface area contributed by atoms with Gasteiger partial charge in [0.2, 0.25) is 0 Å². The second-order valence-electron chi connectivity index (χ2n) is 8.33. The molecule has 5 rings (SSSR count). The largest absolute Gasteiger partial charge is 0.379 e. The molecule has 0 aromatic heterocycles. The van der Waals surface area contributed by atoms with Gasteiger partial charge in [-0.3, -0.25) is 4.99 Å². The first-order valence-electron chi connectivity index (χ1n) is 10.9. The Morgan fingerprint density at radius 2 is 1.80 bits per heavy atom. The zero-order valence-corrected chi connectivity index (χ0v) is 19.5. The predicted molar refractivity (Wildman–Crippen MR) is 136 cm³/mol. The number of nitrogens with zero attached hydrogens (tertiary/aromatic N) is 1. The lowest BCUT2D eigenvalue weighted by Gasteiger charge is -2.50. The van der Waals surface area contributed by atoms with E-state index in [0.717, 1.165) is 17.5 Å². The van der Waals surface area contributed by atoms with E-state index in [2.05, 4.69) is 95.3 Å². The Balaban J connectivity index is 1.50. The summed E-state index contributed by atoms with van der Waals surface area (Å²) in [5.41, 5.74) is 8.77. The summed E-state index contributed by atoms with van der Waals surface area (Å²) in [6.07, 6.45) is 7.84. The van der Waals surface area contributed by atoms with E-state index in [4.69, 9.17) is 5.73 Å². The summed E-state index contributed by atoms with van der Waals surface area (Å²) in [4.78, 5) is 5.88. The number of rotatable bonds is 5. The van der Waals surface area contributed by atoms with Crippen LogP contribution >= 0.6 is 35.3 Å². The molecule has 1 fully saturated rings. The molecule has 1 saturated carbocycles. The van der Waals surface area contributed by atoms with Crippen LogP contribution in [0.1, 0.15) is 42.7 Å². The molecular weight excluding hydrogens is 424 g/mol. The van der Waals surface area contributed by atoms with Crippen LogP contribution in [0, 0.1) is 5.92 Å². The summed E-state index contributed by atoms with van der Waals surface area (Å²) in [6, 6.07) is 22.1. The minimum Gasteiger partial charge on any atom is -0.379 e. The van der Waals surface area contributed by atoms with Crippen LogP contribution in [0.25, 0.3) is 4.91 Å². The van der Waals surface area contributed by atoms with Gasteiger partial charge in [-0.25, -0.2) is 0 Å². The number of fused-ring (bicyclic) bond motifs is 1. The molecule has 0 spiro atoms. The quantitative estimate of drug-likeness (QED) is 0.554. The van der Waals surface area contributed by atoms with Gasteiger partial charge in [-0.1, -0.05) is 91.3 Å². The van der Waals surface area contributed by atoms with E-state index in [1.54, 1.807) is 11.8 Å². The van der Waals surface area contributed by atoms with Gasteiger partial charge >= 0.3 is 0 Å². The molecule has 4 atom stereocenters. The highest BCUT2D eigenvalue weighted by Gasteiger charge is 2.49. The van der Waals surface area contributed by atoms with Crippen LogP contribution in [0.2, 0.25) is 0 Å². The smallest absolute Gasteiger partial charge is 0.154 e. The van der Waals surface area contributed by atoms with E-state index in [9.17, 15) is 0 Å². The lowest BCUT2D eigenvalue weighted by Crippen LogP contribution is -2.41. The Morgan fingerprint density at radius 1 is 1.03 bits per heavy atom. The van der Waals surface area contributed by atoms with Crippen molar-refractivity contribution in [3.05, 3.63) is 77.9 Å². The Morgan fingerprint density at radius 3 is 2.53 bits per heavy atom. The minimum absolute atomic E-state index is 0.233. The Labute approximate surface area is 192 Å². The molecule has 3 aliphatic rings. The molecule has 2 heterocycles. The normalized spacial score (nSPS) is 31.0. The van der Waals surface area contributed by atoms with Crippen LogP contribution in [0.5, 0.6) is 0 Å². The topological polar surface area (TPSA) is 38.4 Å². The summed E-state index contributed by atoms with van der Waals surface area (Å²) in [6.45, 7) is 0.873. The first kappa shape index (κ1) is 20.6. The summed E-state index contributed by atoms with van der Waals surface area (Å²) >= 11 is 6.11. The number of amidine groups is 1. The Hall–Kier alpha value is -1.30. The molecule has 0 radical (unpaired) electrons. The van der Waals surface area contributed by atoms with Crippen LogP contribution in [0.4, 0.5) is 0 Å². The van der Waals surface area contributed by atoms with Gasteiger partial charge in [-0.15, -0.1) is 23.5 Å². The fourth-order valence-corrected chi connectivity index (χ4v) is 9.62. The van der Waals surface area contributed by atoms with Crippen molar-refractivity contribution < 1.29 is 0 Å². The first-order valence-corrected chi connectivity index (χ1v) is 13.5. The maximum Gasteiger partial charge on any atom is 0.154 e. The molecular formula is C25H28N2S3. The third-order valence-electron chi connectivity index (χ3n) is 6.40. The highest BCUT2D eigenvalue weighted by Crippen LogP contribution is 2.63. The second-order valence-corrected chi connectivity index (χ2v) is 12.6. The van der Waals surface area contributed by atoms with Crippen molar-refractivity contribution in [2.24, 2.45) is 16.6 Å². The summed E-state index contributed by atoms with van der Waals surface area (Å²) in [5.74, 6) is 2.27. The van der Waals surface area contributed by atoms with E-state index < -0.39 is 0 Å². The zero-order valence-electron chi connectivity index (χ0n) is 17.1. The van der Waals surface area contributed by atoms with Crippen molar-refractivity contribution in [1.82, 2.24) is 0 Å². The summed E-state index contributed by atoms with van der Waals surface area (Å²) in [7, 11) is 0. The standard InChI is InChI=1S/C25H28N2S3/c26-24-27-16-20(29-24)17-28-25-14-8-7-13-22(25)21(18-9-3-1-4-10-18)15-23(30-25)19-11-5-2-6-12-19/h1-6,9-12,15,20-22H,7-8,13-14,16-17H2,(H2,26,27)/t20-,21+,22+,25+/m0/s1. The molecule has 1 aliphatic carbocycles. The van der Waals surface area contributed by atoms with Crippen molar-refractivity contribution in [2.75, 3.05) is 12.3 Å². The van der Waals surface area contributed by atoms with Gasteiger partial charge in [0, 0.05) is 21.8 Å². The highest BCUT2D eigenvalue weighted by molar-refractivity contribution is 8.23. The number of hydrogen-bond donors (Lipinski definition) is 1. The van der Waals surface area contributed by atoms with E-state index in [1.165, 1.54) is 41.7 Å². The molecule has 2 aliphatic heterocycles. The molecule has 5 heteroatoms. The van der Waals surface area contributed by atoms with E-state index in [-0.39, 0.29) is 4.08 Å². The zero-order chi connectivity index (χ0) is 20.4. The maximum absolute atomic E-state index is 5.95. The van der Waals surface area contributed by atoms with E-state index >= 15 is 0 Å². The minimum atomic E-state index is 0.233. The van der Waals surface area contributed by atoms with Crippen LogP contribution < -0.4 is 5.73 Å². The molecule has 2 aromatic carbocycles. The SMILES string of the molecule is NC1=NC[C@@H](CS[C@@]23CCCC[C@@H]2[C@@H](c2ccccc2)C=C(c2ccccc2)S3)S1. The summed E-state index contributed by atoms with van der Waals surface area (Å²) in [5, 5.41) is 1.29. The molecule has 0 saturated heterocycles. The average molecular weight is 453 g/mol. The average Bonchev–Trinajstić information content (AvgIpc) is 3.23. The van der Waals surface area contributed by atoms with Gasteiger partial charge in [0.1, 0.15) is 0 Å². The second kappa shape index (κ2) is 9.05. The highest BCUT2D eigenvalue weighted by atomic mass is 32.2. The van der Waals surface area contributed by atoms with Crippen molar-refractivity contribution in [1.29, 1.82) is 0 Å². The van der Waals surface area contributed by atoms with Crippen LogP contribution in [-0.4, -0.2) is 26.8 Å². The van der Waals surface area contributed by atoms with Crippen LogP contribution in [-0.2, 0) is 0 Å². The lowest BCUT2D eigenvalue weighted by molar-refractivity contribution is 0.320. The van der Waals surface area contributed by atoms with Crippen molar-refractivity contribution in [3.63, 3.8) is 0 Å². The van der Waals surface area contributed by atoms with Gasteiger partial charge in [0.25, 0.3) is 0 Å². The van der Waals surface area contributed by atoms with Gasteiger partial charge in [0.15, 0.2) is 5.17 Å². The van der Waals surface area contributed by atoms with Crippen LogP contribution in [0.3, 0.4) is 0 Å². The molecule has 156 valence electrons. The number of thioether (sulfide) groups is 3. The van der Waals surface area contributed by atoms with Gasteiger partial charge in [0.05, 0.1) is 10.6 Å². The molecule has 0 amide bonds. The maximum atomic E-state index is 5.95. The Kier molecular flexibility index (Phi) is 6.22. The first-order chi connectivity index (χ1) is 14.7. The number of hydrogen-bond acceptors (Lipinski definition) is 5. The molecule has 30 heavy (non-hydrogen) atoms. The van der Waals surface area contributed by atoms with Crippen LogP contribution in [0.15, 0.2) is 71.7 Å². The molecule has 2 aromatic rings. The number of nitrogens with two attached hydrogens (primary N) is 1. The fraction of sp³-hybridized carbons (Fsp3) is 0.400. The van der Waals surface area contributed by atoms with E-state index in [0.29, 0.717) is 17.1 Å². The molecule has 0 bridgehead atoms. The fourth-order valence-electron chi connectivity index (χ4n) is 4.95. The lowest BCUT2D eigenvalue weighted by atomic mass is 9.75. The molecule has 2 nitrogen and oxygen atoms in total. The van der Waals surface area contributed by atoms with Gasteiger partial charge in [-0.2, -0.15) is 0 Å². The predicted octanol–water partition coefficient (Wildman–Crippen LogP) is 6.61. The number of allylic oxidation sites excluding steroid dienone is 1. The van der Waals surface area contributed by atoms with Crippen molar-refractivity contribution in [3.8, 4) is 0 Å². The van der Waals surface area contributed by atoms with Gasteiger partial charge in [-0.05, 0) is 29.9 Å². The van der Waals surface area contributed by atoms with Crippen molar-refractivity contribution >= 4 is 45.4 Å². The monoisotopic (exact) mass is 452 g/mol.